The number of piperidine rings is 1. The second-order valence-corrected chi connectivity index (χ2v) is 7.77. The Labute approximate surface area is 166 Å². The molecule has 1 aromatic carbocycles. The van der Waals surface area contributed by atoms with Crippen molar-refractivity contribution in [2.45, 2.75) is 39.7 Å². The molecule has 27 heavy (non-hydrogen) atoms. The molecule has 2 heterocycles. The molecule has 0 bridgehead atoms. The van der Waals surface area contributed by atoms with E-state index in [1.54, 1.807) is 0 Å². The highest BCUT2D eigenvalue weighted by molar-refractivity contribution is 5.85. The average molecular weight is 393 g/mol. The van der Waals surface area contributed by atoms with E-state index in [4.69, 9.17) is 0 Å². The smallest absolute Gasteiger partial charge is 0.247 e. The normalized spacial score (nSPS) is 17.2. The van der Waals surface area contributed by atoms with Gasteiger partial charge in [-0.2, -0.15) is 4.80 Å². The van der Waals surface area contributed by atoms with Crippen LogP contribution in [0.3, 0.4) is 0 Å². The number of halogens is 1. The Hall–Kier alpha value is -1.99. The maximum Gasteiger partial charge on any atom is 0.247 e. The van der Waals surface area contributed by atoms with Crippen LogP contribution in [0.2, 0.25) is 0 Å². The maximum atomic E-state index is 12.9. The van der Waals surface area contributed by atoms with Crippen LogP contribution in [-0.4, -0.2) is 45.7 Å². The predicted octanol–water partition coefficient (Wildman–Crippen LogP) is 2.46. The first-order valence-corrected chi connectivity index (χ1v) is 9.32. The van der Waals surface area contributed by atoms with Crippen LogP contribution in [0.1, 0.15) is 39.7 Å². The molecule has 1 aromatic heterocycles. The van der Waals surface area contributed by atoms with E-state index in [1.165, 1.54) is 4.80 Å². The molecule has 1 aliphatic heterocycles. The van der Waals surface area contributed by atoms with Crippen molar-refractivity contribution >= 4 is 18.3 Å². The van der Waals surface area contributed by atoms with Gasteiger partial charge in [-0.1, -0.05) is 51.1 Å². The molecular formula is C19H29ClN6O. The van der Waals surface area contributed by atoms with E-state index in [0.717, 1.165) is 31.5 Å². The average Bonchev–Trinajstić information content (AvgIpc) is 3.11. The van der Waals surface area contributed by atoms with Crippen molar-refractivity contribution < 1.29 is 4.79 Å². The number of carbonyl (C=O) groups excluding carboxylic acids is 1. The number of carbonyl (C=O) groups is 1. The van der Waals surface area contributed by atoms with Gasteiger partial charge < -0.3 is 10.6 Å². The van der Waals surface area contributed by atoms with E-state index in [-0.39, 0.29) is 29.6 Å². The second kappa shape index (κ2) is 9.28. The zero-order valence-corrected chi connectivity index (χ0v) is 17.0. The fraction of sp³-hybridized carbons (Fsp3) is 0.579. The molecule has 1 unspecified atom stereocenters. The minimum Gasteiger partial charge on any atom is -0.354 e. The quantitative estimate of drug-likeness (QED) is 0.788. The molecule has 1 atom stereocenters. The topological polar surface area (TPSA) is 84.7 Å². The third-order valence-corrected chi connectivity index (χ3v) is 5.11. The van der Waals surface area contributed by atoms with Crippen LogP contribution in [0.15, 0.2) is 30.3 Å². The molecule has 8 heteroatoms. The standard InChI is InChI=1S/C19H28N6O.ClH/c1-14(2)16(18(26)21-13-19(3)9-11-20-12-10-19)25-23-17(22-24-25)15-7-5-4-6-8-15;/h4-8,14,16,20H,9-13H2,1-3H3,(H,21,26);1H. The van der Waals surface area contributed by atoms with Crippen LogP contribution in [0, 0.1) is 11.3 Å². The van der Waals surface area contributed by atoms with E-state index in [1.807, 2.05) is 44.2 Å². The Morgan fingerprint density at radius 1 is 1.26 bits per heavy atom. The zero-order valence-electron chi connectivity index (χ0n) is 16.2. The molecule has 2 aromatic rings. The molecule has 0 spiro atoms. The summed E-state index contributed by atoms with van der Waals surface area (Å²) >= 11 is 0. The van der Waals surface area contributed by atoms with Crippen molar-refractivity contribution in [3.05, 3.63) is 30.3 Å². The largest absolute Gasteiger partial charge is 0.354 e. The second-order valence-electron chi connectivity index (χ2n) is 7.77. The molecule has 3 rings (SSSR count). The lowest BCUT2D eigenvalue weighted by molar-refractivity contribution is -0.126. The number of rotatable bonds is 6. The molecular weight excluding hydrogens is 364 g/mol. The summed E-state index contributed by atoms with van der Waals surface area (Å²) in [5.41, 5.74) is 1.04. The summed E-state index contributed by atoms with van der Waals surface area (Å²) in [5, 5.41) is 19.2. The highest BCUT2D eigenvalue weighted by Crippen LogP contribution is 2.27. The third kappa shape index (κ3) is 5.26. The van der Waals surface area contributed by atoms with Gasteiger partial charge in [-0.05, 0) is 42.5 Å². The van der Waals surface area contributed by atoms with Gasteiger partial charge >= 0.3 is 0 Å². The highest BCUT2D eigenvalue weighted by atomic mass is 35.5. The number of nitrogens with one attached hydrogen (secondary N) is 2. The summed E-state index contributed by atoms with van der Waals surface area (Å²) < 4.78 is 0. The van der Waals surface area contributed by atoms with Gasteiger partial charge in [0.15, 0.2) is 6.04 Å². The summed E-state index contributed by atoms with van der Waals surface area (Å²) in [6, 6.07) is 9.21. The van der Waals surface area contributed by atoms with Gasteiger partial charge in [-0.15, -0.1) is 22.6 Å². The van der Waals surface area contributed by atoms with Crippen molar-refractivity contribution in [3.8, 4) is 11.4 Å². The van der Waals surface area contributed by atoms with E-state index < -0.39 is 6.04 Å². The van der Waals surface area contributed by atoms with E-state index >= 15 is 0 Å². The number of nitrogens with zero attached hydrogens (tertiary/aromatic N) is 4. The van der Waals surface area contributed by atoms with Gasteiger partial charge in [0, 0.05) is 12.1 Å². The van der Waals surface area contributed by atoms with Crippen molar-refractivity contribution in [2.75, 3.05) is 19.6 Å². The molecule has 2 N–H and O–H groups in total. The minimum absolute atomic E-state index is 0. The van der Waals surface area contributed by atoms with Crippen molar-refractivity contribution in [1.29, 1.82) is 0 Å². The summed E-state index contributed by atoms with van der Waals surface area (Å²) in [5.74, 6) is 0.555. The molecule has 1 saturated heterocycles. The number of aromatic nitrogens is 4. The van der Waals surface area contributed by atoms with Crippen LogP contribution in [0.5, 0.6) is 0 Å². The Kier molecular flexibility index (Phi) is 7.33. The number of tetrazole rings is 1. The van der Waals surface area contributed by atoms with Crippen molar-refractivity contribution in [1.82, 2.24) is 30.8 Å². The number of hydrogen-bond donors (Lipinski definition) is 2. The summed E-state index contributed by atoms with van der Waals surface area (Å²) in [6.07, 6.45) is 2.14. The number of amides is 1. The SMILES string of the molecule is CC(C)C(C(=O)NCC1(C)CCNCC1)n1nnc(-c2ccccc2)n1.Cl. The van der Waals surface area contributed by atoms with Crippen LogP contribution in [-0.2, 0) is 4.79 Å². The monoisotopic (exact) mass is 392 g/mol. The minimum atomic E-state index is -0.467. The first-order chi connectivity index (χ1) is 12.5. The lowest BCUT2D eigenvalue weighted by atomic mass is 9.81. The predicted molar refractivity (Wildman–Crippen MR) is 108 cm³/mol. The van der Waals surface area contributed by atoms with Crippen LogP contribution in [0.4, 0.5) is 0 Å². The Morgan fingerprint density at radius 2 is 1.93 bits per heavy atom. The van der Waals surface area contributed by atoms with Gasteiger partial charge in [0.2, 0.25) is 11.7 Å². The molecule has 1 amide bonds. The van der Waals surface area contributed by atoms with Gasteiger partial charge in [0.1, 0.15) is 0 Å². The zero-order chi connectivity index (χ0) is 18.6. The van der Waals surface area contributed by atoms with Gasteiger partial charge in [0.25, 0.3) is 0 Å². The van der Waals surface area contributed by atoms with E-state index in [0.29, 0.717) is 12.4 Å². The fourth-order valence-electron chi connectivity index (χ4n) is 3.33. The number of benzene rings is 1. The summed E-state index contributed by atoms with van der Waals surface area (Å²) in [6.45, 7) is 8.93. The lowest BCUT2D eigenvalue weighted by Gasteiger charge is -2.34. The summed E-state index contributed by atoms with van der Waals surface area (Å²) in [7, 11) is 0. The van der Waals surface area contributed by atoms with Crippen LogP contribution >= 0.6 is 12.4 Å². The first-order valence-electron chi connectivity index (χ1n) is 9.32. The van der Waals surface area contributed by atoms with Crippen molar-refractivity contribution in [3.63, 3.8) is 0 Å². The molecule has 0 saturated carbocycles. The maximum absolute atomic E-state index is 12.9. The Bertz CT molecular complexity index is 727. The van der Waals surface area contributed by atoms with Gasteiger partial charge in [-0.3, -0.25) is 4.79 Å². The molecule has 148 valence electrons. The molecule has 0 radical (unpaired) electrons. The summed E-state index contributed by atoms with van der Waals surface area (Å²) in [4.78, 5) is 14.3. The molecule has 0 aliphatic carbocycles. The molecule has 1 fully saturated rings. The highest BCUT2D eigenvalue weighted by Gasteiger charge is 2.31. The van der Waals surface area contributed by atoms with Gasteiger partial charge in [-0.25, -0.2) is 0 Å². The molecule has 1 aliphatic rings. The van der Waals surface area contributed by atoms with Crippen molar-refractivity contribution in [2.24, 2.45) is 11.3 Å². The fourth-order valence-corrected chi connectivity index (χ4v) is 3.33. The van der Waals surface area contributed by atoms with E-state index in [2.05, 4.69) is 33.0 Å². The number of hydrogen-bond acceptors (Lipinski definition) is 5. The molecule has 7 nitrogen and oxygen atoms in total. The lowest BCUT2D eigenvalue weighted by Crippen LogP contribution is -2.45. The Balaban J connectivity index is 0.00000261. The first kappa shape index (κ1) is 21.3. The third-order valence-electron chi connectivity index (χ3n) is 5.11. The van der Waals surface area contributed by atoms with E-state index in [9.17, 15) is 4.79 Å². The van der Waals surface area contributed by atoms with Crippen LogP contribution in [0.25, 0.3) is 11.4 Å². The van der Waals surface area contributed by atoms with Gasteiger partial charge in [0.05, 0.1) is 0 Å². The van der Waals surface area contributed by atoms with Crippen LogP contribution < -0.4 is 10.6 Å². The Morgan fingerprint density at radius 3 is 2.56 bits per heavy atom.